The third-order valence-electron chi connectivity index (χ3n) is 3.19. The van der Waals surface area contributed by atoms with Crippen molar-refractivity contribution in [1.29, 1.82) is 0 Å². The fourth-order valence-electron chi connectivity index (χ4n) is 2.12. The molecular weight excluding hydrogens is 302 g/mol. The van der Waals surface area contributed by atoms with E-state index in [1.807, 2.05) is 19.9 Å². The van der Waals surface area contributed by atoms with Gasteiger partial charge in [0.25, 0.3) is 5.91 Å². The fraction of sp³-hybridized carbons (Fsp3) is 0.400. The molecule has 6 nitrogen and oxygen atoms in total. The zero-order chi connectivity index (χ0) is 16.1. The van der Waals surface area contributed by atoms with E-state index in [0.717, 1.165) is 24.2 Å². The van der Waals surface area contributed by atoms with Crippen LogP contribution in [0.15, 0.2) is 18.2 Å². The van der Waals surface area contributed by atoms with Crippen molar-refractivity contribution in [3.05, 3.63) is 40.3 Å². The third kappa shape index (κ3) is 3.84. The molecule has 0 aliphatic rings. The SMILES string of the molecule is Cc1cc(C)n(-c2ccc(Cl)c(C(=O)NCCCCN)n2)n1. The smallest absolute Gasteiger partial charge is 0.271 e. The molecule has 3 N–H and O–H groups in total. The highest BCUT2D eigenvalue weighted by Gasteiger charge is 2.14. The number of hydrogen-bond donors (Lipinski definition) is 2. The molecule has 0 fully saturated rings. The van der Waals surface area contributed by atoms with Crippen molar-refractivity contribution in [2.45, 2.75) is 26.7 Å². The number of rotatable bonds is 6. The number of amides is 1. The normalized spacial score (nSPS) is 10.7. The van der Waals surface area contributed by atoms with Crippen LogP contribution in [0.4, 0.5) is 0 Å². The lowest BCUT2D eigenvalue weighted by atomic mass is 10.3. The number of halogens is 1. The molecule has 0 saturated heterocycles. The summed E-state index contributed by atoms with van der Waals surface area (Å²) in [6.45, 7) is 5.01. The average Bonchev–Trinajstić information content (AvgIpc) is 2.82. The van der Waals surface area contributed by atoms with Crippen molar-refractivity contribution in [2.75, 3.05) is 13.1 Å². The Kier molecular flexibility index (Phi) is 5.51. The molecule has 1 amide bonds. The number of hydrogen-bond acceptors (Lipinski definition) is 4. The summed E-state index contributed by atoms with van der Waals surface area (Å²) >= 11 is 6.09. The number of carbonyl (C=O) groups is 1. The number of unbranched alkanes of at least 4 members (excludes halogenated alkanes) is 1. The maximum absolute atomic E-state index is 12.2. The van der Waals surface area contributed by atoms with E-state index in [1.54, 1.807) is 16.8 Å². The molecule has 7 heteroatoms. The van der Waals surface area contributed by atoms with E-state index in [4.69, 9.17) is 17.3 Å². The highest BCUT2D eigenvalue weighted by atomic mass is 35.5. The maximum Gasteiger partial charge on any atom is 0.271 e. The largest absolute Gasteiger partial charge is 0.351 e. The fourth-order valence-corrected chi connectivity index (χ4v) is 2.32. The van der Waals surface area contributed by atoms with Crippen molar-refractivity contribution in [1.82, 2.24) is 20.1 Å². The summed E-state index contributed by atoms with van der Waals surface area (Å²) in [4.78, 5) is 16.5. The molecule has 22 heavy (non-hydrogen) atoms. The van der Waals surface area contributed by atoms with Gasteiger partial charge in [-0.2, -0.15) is 5.10 Å². The molecule has 2 aromatic rings. The van der Waals surface area contributed by atoms with Crippen LogP contribution in [0.25, 0.3) is 5.82 Å². The van der Waals surface area contributed by atoms with E-state index >= 15 is 0 Å². The predicted molar refractivity (Wildman–Crippen MR) is 86.5 cm³/mol. The second-order valence-corrected chi connectivity index (χ2v) is 5.50. The first-order valence-electron chi connectivity index (χ1n) is 7.21. The van der Waals surface area contributed by atoms with Crippen LogP contribution < -0.4 is 11.1 Å². The van der Waals surface area contributed by atoms with Crippen LogP contribution in [0.1, 0.15) is 34.7 Å². The second kappa shape index (κ2) is 7.38. The summed E-state index contributed by atoms with van der Waals surface area (Å²) < 4.78 is 1.69. The predicted octanol–water partition coefficient (Wildman–Crippen LogP) is 2.01. The Labute approximate surface area is 134 Å². The number of aryl methyl sites for hydroxylation is 2. The Morgan fingerprint density at radius 1 is 1.36 bits per heavy atom. The summed E-state index contributed by atoms with van der Waals surface area (Å²) in [5, 5.41) is 7.49. The molecule has 0 saturated carbocycles. The quantitative estimate of drug-likeness (QED) is 0.797. The van der Waals surface area contributed by atoms with Gasteiger partial charge in [-0.05, 0) is 51.4 Å². The number of nitrogens with one attached hydrogen (secondary N) is 1. The van der Waals surface area contributed by atoms with Crippen LogP contribution in [0.3, 0.4) is 0 Å². The third-order valence-corrected chi connectivity index (χ3v) is 3.49. The molecule has 2 heterocycles. The lowest BCUT2D eigenvalue weighted by Crippen LogP contribution is -2.26. The minimum Gasteiger partial charge on any atom is -0.351 e. The summed E-state index contributed by atoms with van der Waals surface area (Å²) in [5.41, 5.74) is 7.47. The minimum atomic E-state index is -0.287. The van der Waals surface area contributed by atoms with Gasteiger partial charge in [-0.3, -0.25) is 4.79 Å². The Hall–Kier alpha value is -1.92. The molecule has 0 bridgehead atoms. The van der Waals surface area contributed by atoms with Gasteiger partial charge in [-0.1, -0.05) is 11.6 Å². The van der Waals surface area contributed by atoms with Gasteiger partial charge in [-0.25, -0.2) is 9.67 Å². The Bertz CT molecular complexity index is 668. The molecular formula is C15H20ClN5O. The van der Waals surface area contributed by atoms with Gasteiger partial charge in [-0.15, -0.1) is 0 Å². The number of carbonyl (C=O) groups excluding carboxylic acids is 1. The standard InChI is InChI=1S/C15H20ClN5O/c1-10-9-11(2)21(20-10)13-6-5-12(16)14(19-13)15(22)18-8-4-3-7-17/h5-6,9H,3-4,7-8,17H2,1-2H3,(H,18,22). The highest BCUT2D eigenvalue weighted by Crippen LogP contribution is 2.17. The Morgan fingerprint density at radius 2 is 2.14 bits per heavy atom. The molecule has 0 unspecified atom stereocenters. The van der Waals surface area contributed by atoms with Crippen LogP contribution in [0, 0.1) is 13.8 Å². The number of nitrogens with two attached hydrogens (primary N) is 1. The lowest BCUT2D eigenvalue weighted by molar-refractivity contribution is 0.0948. The van der Waals surface area contributed by atoms with Gasteiger partial charge in [0.15, 0.2) is 5.82 Å². The van der Waals surface area contributed by atoms with Crippen molar-refractivity contribution < 1.29 is 4.79 Å². The second-order valence-electron chi connectivity index (χ2n) is 5.09. The molecule has 0 spiro atoms. The molecule has 2 rings (SSSR count). The highest BCUT2D eigenvalue weighted by molar-refractivity contribution is 6.33. The molecule has 2 aromatic heterocycles. The zero-order valence-electron chi connectivity index (χ0n) is 12.8. The summed E-state index contributed by atoms with van der Waals surface area (Å²) in [6.07, 6.45) is 1.70. The zero-order valence-corrected chi connectivity index (χ0v) is 13.5. The summed E-state index contributed by atoms with van der Waals surface area (Å²) in [5.74, 6) is 0.285. The van der Waals surface area contributed by atoms with Crippen LogP contribution >= 0.6 is 11.6 Å². The molecule has 0 aromatic carbocycles. The first-order valence-corrected chi connectivity index (χ1v) is 7.59. The summed E-state index contributed by atoms with van der Waals surface area (Å²) in [7, 11) is 0. The van der Waals surface area contributed by atoms with Crippen molar-refractivity contribution in [3.63, 3.8) is 0 Å². The van der Waals surface area contributed by atoms with Crippen molar-refractivity contribution in [3.8, 4) is 5.82 Å². The molecule has 118 valence electrons. The molecule has 0 radical (unpaired) electrons. The van der Waals surface area contributed by atoms with E-state index in [9.17, 15) is 4.79 Å². The van der Waals surface area contributed by atoms with Gasteiger partial charge in [0.2, 0.25) is 0 Å². The van der Waals surface area contributed by atoms with E-state index < -0.39 is 0 Å². The van der Waals surface area contributed by atoms with Crippen LogP contribution in [0.2, 0.25) is 5.02 Å². The molecule has 0 atom stereocenters. The number of pyridine rings is 1. The van der Waals surface area contributed by atoms with Gasteiger partial charge < -0.3 is 11.1 Å². The van der Waals surface area contributed by atoms with Crippen molar-refractivity contribution in [2.24, 2.45) is 5.73 Å². The molecule has 0 aliphatic heterocycles. The first-order chi connectivity index (χ1) is 10.5. The number of aromatic nitrogens is 3. The van der Waals surface area contributed by atoms with E-state index in [2.05, 4.69) is 15.4 Å². The van der Waals surface area contributed by atoms with E-state index in [1.165, 1.54) is 0 Å². The van der Waals surface area contributed by atoms with Gasteiger partial charge in [0, 0.05) is 12.2 Å². The van der Waals surface area contributed by atoms with Gasteiger partial charge >= 0.3 is 0 Å². The monoisotopic (exact) mass is 321 g/mol. The Balaban J connectivity index is 2.20. The Morgan fingerprint density at radius 3 is 2.77 bits per heavy atom. The van der Waals surface area contributed by atoms with Crippen molar-refractivity contribution >= 4 is 17.5 Å². The first kappa shape index (κ1) is 16.5. The summed E-state index contributed by atoms with van der Waals surface area (Å²) in [6, 6.07) is 5.35. The van der Waals surface area contributed by atoms with Crippen LogP contribution in [-0.2, 0) is 0 Å². The van der Waals surface area contributed by atoms with E-state index in [0.29, 0.717) is 23.9 Å². The van der Waals surface area contributed by atoms with Crippen LogP contribution in [0.5, 0.6) is 0 Å². The van der Waals surface area contributed by atoms with Gasteiger partial charge in [0.05, 0.1) is 10.7 Å². The lowest BCUT2D eigenvalue weighted by Gasteiger charge is -2.09. The van der Waals surface area contributed by atoms with Gasteiger partial charge in [0.1, 0.15) is 5.69 Å². The number of nitrogens with zero attached hydrogens (tertiary/aromatic N) is 3. The average molecular weight is 322 g/mol. The topological polar surface area (TPSA) is 85.8 Å². The minimum absolute atomic E-state index is 0.208. The van der Waals surface area contributed by atoms with E-state index in [-0.39, 0.29) is 11.6 Å². The maximum atomic E-state index is 12.2. The van der Waals surface area contributed by atoms with Crippen LogP contribution in [-0.4, -0.2) is 33.8 Å². The molecule has 0 aliphatic carbocycles.